The van der Waals surface area contributed by atoms with Crippen LogP contribution in [0.15, 0.2) is 12.3 Å². The molecule has 0 radical (unpaired) electrons. The molecule has 0 spiro atoms. The van der Waals surface area contributed by atoms with Gasteiger partial charge in [0.25, 0.3) is 0 Å². The molecule has 0 atom stereocenters. The SMILES string of the molecule is O=C(O)Cc1cc2c(cn1)OCO2. The van der Waals surface area contributed by atoms with E-state index in [0.29, 0.717) is 17.2 Å². The summed E-state index contributed by atoms with van der Waals surface area (Å²) in [6, 6.07) is 1.58. The number of carbonyl (C=O) groups is 1. The largest absolute Gasteiger partial charge is 0.481 e. The van der Waals surface area contributed by atoms with Crippen LogP contribution >= 0.6 is 0 Å². The summed E-state index contributed by atoms with van der Waals surface area (Å²) in [6.45, 7) is 0.174. The summed E-state index contributed by atoms with van der Waals surface area (Å²) in [5, 5.41) is 8.50. The van der Waals surface area contributed by atoms with Crippen LogP contribution in [0.4, 0.5) is 0 Å². The van der Waals surface area contributed by atoms with Gasteiger partial charge >= 0.3 is 5.97 Å². The van der Waals surface area contributed by atoms with Crippen LogP contribution in [0, 0.1) is 0 Å². The molecule has 0 unspecified atom stereocenters. The molecule has 0 fully saturated rings. The third kappa shape index (κ3) is 1.53. The number of aliphatic carboxylic acids is 1. The number of hydrogen-bond donors (Lipinski definition) is 1. The summed E-state index contributed by atoms with van der Waals surface area (Å²) in [7, 11) is 0. The van der Waals surface area contributed by atoms with Crippen LogP contribution in [-0.2, 0) is 11.2 Å². The van der Waals surface area contributed by atoms with Crippen molar-refractivity contribution < 1.29 is 19.4 Å². The maximum absolute atomic E-state index is 10.4. The van der Waals surface area contributed by atoms with Gasteiger partial charge < -0.3 is 14.6 Å². The van der Waals surface area contributed by atoms with Crippen LogP contribution in [-0.4, -0.2) is 22.9 Å². The van der Waals surface area contributed by atoms with E-state index in [-0.39, 0.29) is 13.2 Å². The van der Waals surface area contributed by atoms with Gasteiger partial charge in [-0.2, -0.15) is 0 Å². The molecule has 5 heteroatoms. The van der Waals surface area contributed by atoms with Gasteiger partial charge in [0.05, 0.1) is 18.3 Å². The Morgan fingerprint density at radius 2 is 2.31 bits per heavy atom. The number of pyridine rings is 1. The number of hydrogen-bond acceptors (Lipinski definition) is 4. The molecule has 0 aliphatic carbocycles. The molecule has 0 amide bonds. The lowest BCUT2D eigenvalue weighted by Gasteiger charge is -1.97. The molecule has 13 heavy (non-hydrogen) atoms. The van der Waals surface area contributed by atoms with Crippen LogP contribution in [0.3, 0.4) is 0 Å². The molecule has 1 aliphatic rings. The van der Waals surface area contributed by atoms with E-state index in [1.807, 2.05) is 0 Å². The van der Waals surface area contributed by atoms with E-state index in [1.54, 1.807) is 6.07 Å². The van der Waals surface area contributed by atoms with E-state index in [4.69, 9.17) is 14.6 Å². The maximum Gasteiger partial charge on any atom is 0.309 e. The molecule has 2 rings (SSSR count). The number of carboxylic acids is 1. The van der Waals surface area contributed by atoms with Gasteiger partial charge in [0.1, 0.15) is 0 Å². The highest BCUT2D eigenvalue weighted by Gasteiger charge is 2.14. The van der Waals surface area contributed by atoms with Crippen LogP contribution in [0.25, 0.3) is 0 Å². The summed E-state index contributed by atoms with van der Waals surface area (Å²) in [5.41, 5.74) is 0.469. The average Bonchev–Trinajstić information content (AvgIpc) is 2.49. The minimum atomic E-state index is -0.911. The van der Waals surface area contributed by atoms with E-state index in [2.05, 4.69) is 4.98 Å². The van der Waals surface area contributed by atoms with E-state index >= 15 is 0 Å². The zero-order valence-electron chi connectivity index (χ0n) is 6.69. The molecular weight excluding hydrogens is 174 g/mol. The monoisotopic (exact) mass is 181 g/mol. The van der Waals surface area contributed by atoms with E-state index < -0.39 is 5.97 Å². The van der Waals surface area contributed by atoms with Crippen LogP contribution in [0.1, 0.15) is 5.69 Å². The van der Waals surface area contributed by atoms with Gasteiger partial charge in [-0.3, -0.25) is 9.78 Å². The second-order valence-corrected chi connectivity index (χ2v) is 2.60. The van der Waals surface area contributed by atoms with Crippen molar-refractivity contribution in [3.63, 3.8) is 0 Å². The topological polar surface area (TPSA) is 68.7 Å². The van der Waals surface area contributed by atoms with Crippen LogP contribution in [0.2, 0.25) is 0 Å². The quantitative estimate of drug-likeness (QED) is 0.716. The normalized spacial score (nSPS) is 12.9. The van der Waals surface area contributed by atoms with E-state index in [1.165, 1.54) is 6.20 Å². The number of nitrogens with zero attached hydrogens (tertiary/aromatic N) is 1. The van der Waals surface area contributed by atoms with Gasteiger partial charge in [-0.15, -0.1) is 0 Å². The average molecular weight is 181 g/mol. The summed E-state index contributed by atoms with van der Waals surface area (Å²) < 4.78 is 10.1. The van der Waals surface area contributed by atoms with Crippen molar-refractivity contribution in [1.29, 1.82) is 0 Å². The van der Waals surface area contributed by atoms with Gasteiger partial charge in [0, 0.05) is 6.07 Å². The first-order chi connectivity index (χ1) is 6.25. The Labute approximate surface area is 73.9 Å². The first-order valence-electron chi connectivity index (χ1n) is 3.72. The molecule has 1 aromatic rings. The van der Waals surface area contributed by atoms with Crippen molar-refractivity contribution in [3.8, 4) is 11.5 Å². The first-order valence-corrected chi connectivity index (χ1v) is 3.72. The number of aromatic nitrogens is 1. The molecule has 0 bridgehead atoms. The molecular formula is C8H7NO4. The summed E-state index contributed by atoms with van der Waals surface area (Å²) in [4.78, 5) is 14.3. The predicted molar refractivity (Wildman–Crippen MR) is 41.7 cm³/mol. The molecule has 0 saturated heterocycles. The maximum atomic E-state index is 10.4. The van der Waals surface area contributed by atoms with Crippen LogP contribution in [0.5, 0.6) is 11.5 Å². The zero-order chi connectivity index (χ0) is 9.26. The Morgan fingerprint density at radius 1 is 1.54 bits per heavy atom. The summed E-state index contributed by atoms with van der Waals surface area (Å²) in [6.07, 6.45) is 1.37. The summed E-state index contributed by atoms with van der Waals surface area (Å²) >= 11 is 0. The third-order valence-electron chi connectivity index (χ3n) is 1.65. The number of ether oxygens (including phenoxy) is 2. The highest BCUT2D eigenvalue weighted by atomic mass is 16.7. The second-order valence-electron chi connectivity index (χ2n) is 2.60. The van der Waals surface area contributed by atoms with Gasteiger partial charge in [-0.1, -0.05) is 0 Å². The summed E-state index contributed by atoms with van der Waals surface area (Å²) in [5.74, 6) is 0.215. The smallest absolute Gasteiger partial charge is 0.309 e. The highest BCUT2D eigenvalue weighted by molar-refractivity contribution is 5.69. The van der Waals surface area contributed by atoms with Crippen molar-refractivity contribution in [2.24, 2.45) is 0 Å². The van der Waals surface area contributed by atoms with Crippen LogP contribution < -0.4 is 9.47 Å². The first kappa shape index (κ1) is 7.85. The van der Waals surface area contributed by atoms with Crippen molar-refractivity contribution in [2.75, 3.05) is 6.79 Å². The molecule has 1 N–H and O–H groups in total. The van der Waals surface area contributed by atoms with E-state index in [9.17, 15) is 4.79 Å². The Kier molecular flexibility index (Phi) is 1.77. The van der Waals surface area contributed by atoms with Gasteiger partial charge in [0.15, 0.2) is 11.5 Å². The van der Waals surface area contributed by atoms with Crippen molar-refractivity contribution in [1.82, 2.24) is 4.98 Å². The minimum absolute atomic E-state index is 0.101. The molecule has 1 aliphatic heterocycles. The lowest BCUT2D eigenvalue weighted by molar-refractivity contribution is -0.136. The Hall–Kier alpha value is -1.78. The second kappa shape index (κ2) is 2.93. The Balaban J connectivity index is 2.25. The number of carboxylic acid groups (broad SMARTS) is 1. The Bertz CT molecular complexity index is 350. The highest BCUT2D eigenvalue weighted by Crippen LogP contribution is 2.31. The van der Waals surface area contributed by atoms with Crippen molar-refractivity contribution in [3.05, 3.63) is 18.0 Å². The van der Waals surface area contributed by atoms with E-state index in [0.717, 1.165) is 0 Å². The zero-order valence-corrected chi connectivity index (χ0v) is 6.69. The lowest BCUT2D eigenvalue weighted by Crippen LogP contribution is -2.01. The lowest BCUT2D eigenvalue weighted by atomic mass is 10.2. The van der Waals surface area contributed by atoms with Gasteiger partial charge in [-0.25, -0.2) is 0 Å². The van der Waals surface area contributed by atoms with Crippen molar-refractivity contribution in [2.45, 2.75) is 6.42 Å². The fraction of sp³-hybridized carbons (Fsp3) is 0.250. The molecule has 0 aromatic carbocycles. The molecule has 68 valence electrons. The van der Waals surface area contributed by atoms with Crippen molar-refractivity contribution >= 4 is 5.97 Å². The molecule has 2 heterocycles. The Morgan fingerprint density at radius 3 is 3.08 bits per heavy atom. The fourth-order valence-electron chi connectivity index (χ4n) is 1.09. The number of fused-ring (bicyclic) bond motifs is 1. The molecule has 0 saturated carbocycles. The minimum Gasteiger partial charge on any atom is -0.481 e. The standard InChI is InChI=1S/C8H7NO4/c10-8(11)2-5-1-6-7(3-9-5)13-4-12-6/h1,3H,2,4H2,(H,10,11). The van der Waals surface area contributed by atoms with Gasteiger partial charge in [0.2, 0.25) is 6.79 Å². The molecule has 5 nitrogen and oxygen atoms in total. The number of rotatable bonds is 2. The molecule has 1 aromatic heterocycles. The van der Waals surface area contributed by atoms with Gasteiger partial charge in [-0.05, 0) is 0 Å². The third-order valence-corrected chi connectivity index (χ3v) is 1.65. The fourth-order valence-corrected chi connectivity index (χ4v) is 1.09. The predicted octanol–water partition coefficient (Wildman–Crippen LogP) is 0.437.